The van der Waals surface area contributed by atoms with E-state index in [9.17, 15) is 13.2 Å². The Labute approximate surface area is 212 Å². The molecule has 1 aliphatic heterocycles. The van der Waals surface area contributed by atoms with E-state index in [1.807, 2.05) is 105 Å². The highest BCUT2D eigenvalue weighted by Crippen LogP contribution is 2.46. The molecule has 0 radical (unpaired) electrons. The van der Waals surface area contributed by atoms with Crippen LogP contribution in [0.25, 0.3) is 5.70 Å². The SMILES string of the molecule is Cc1ccc(S(=O)(=O)N2C(=O)[C@@H](c3ccccc3C)[C@H](c3ccccc3)C=C2c2ccccc2)cc1. The second-order valence-electron chi connectivity index (χ2n) is 9.11. The van der Waals surface area contributed by atoms with E-state index in [0.29, 0.717) is 11.3 Å². The minimum Gasteiger partial charge on any atom is -0.273 e. The molecule has 0 fully saturated rings. The molecule has 1 aliphatic rings. The van der Waals surface area contributed by atoms with Gasteiger partial charge in [-0.15, -0.1) is 0 Å². The summed E-state index contributed by atoms with van der Waals surface area (Å²) < 4.78 is 29.1. The van der Waals surface area contributed by atoms with Crippen LogP contribution in [0.4, 0.5) is 0 Å². The van der Waals surface area contributed by atoms with E-state index in [2.05, 4.69) is 0 Å². The number of hydrogen-bond donors (Lipinski definition) is 0. The predicted octanol–water partition coefficient (Wildman–Crippen LogP) is 6.44. The fourth-order valence-electron chi connectivity index (χ4n) is 4.84. The Morgan fingerprint density at radius 2 is 1.28 bits per heavy atom. The molecular formula is C31H27NO3S. The number of carbonyl (C=O) groups excluding carboxylic acids is 1. The second-order valence-corrected chi connectivity index (χ2v) is 10.9. The summed E-state index contributed by atoms with van der Waals surface area (Å²) in [5.41, 5.74) is 4.72. The Hall–Kier alpha value is -3.96. The maximum atomic E-state index is 14.4. The van der Waals surface area contributed by atoms with Gasteiger partial charge in [0, 0.05) is 5.92 Å². The van der Waals surface area contributed by atoms with E-state index in [0.717, 1.165) is 26.6 Å². The van der Waals surface area contributed by atoms with Crippen LogP contribution < -0.4 is 0 Å². The summed E-state index contributed by atoms with van der Waals surface area (Å²) in [7, 11) is -4.17. The van der Waals surface area contributed by atoms with Crippen molar-refractivity contribution in [1.82, 2.24) is 4.31 Å². The zero-order valence-corrected chi connectivity index (χ0v) is 21.0. The Bertz CT molecular complexity index is 1530. The van der Waals surface area contributed by atoms with Crippen molar-refractivity contribution in [1.29, 1.82) is 0 Å². The number of sulfonamides is 1. The van der Waals surface area contributed by atoms with E-state index in [1.54, 1.807) is 24.3 Å². The molecule has 5 rings (SSSR count). The van der Waals surface area contributed by atoms with Crippen molar-refractivity contribution in [2.45, 2.75) is 30.6 Å². The average Bonchev–Trinajstić information content (AvgIpc) is 2.90. The van der Waals surface area contributed by atoms with Crippen LogP contribution in [0.3, 0.4) is 0 Å². The summed E-state index contributed by atoms with van der Waals surface area (Å²) in [6.07, 6.45) is 1.94. The molecule has 0 bridgehead atoms. The lowest BCUT2D eigenvalue weighted by Gasteiger charge is -2.38. The summed E-state index contributed by atoms with van der Waals surface area (Å²) in [5, 5.41) is 0. The number of hydrogen-bond acceptors (Lipinski definition) is 3. The fraction of sp³-hybridized carbons (Fsp3) is 0.129. The number of allylic oxidation sites excluding steroid dienone is 1. The maximum Gasteiger partial charge on any atom is 0.270 e. The monoisotopic (exact) mass is 493 g/mol. The van der Waals surface area contributed by atoms with Gasteiger partial charge in [-0.3, -0.25) is 4.79 Å². The number of carbonyl (C=O) groups is 1. The van der Waals surface area contributed by atoms with Crippen molar-refractivity contribution in [3.8, 4) is 0 Å². The lowest BCUT2D eigenvalue weighted by molar-refractivity contribution is -0.126. The zero-order chi connectivity index (χ0) is 25.3. The molecule has 0 spiro atoms. The maximum absolute atomic E-state index is 14.4. The van der Waals surface area contributed by atoms with Gasteiger partial charge in [0.15, 0.2) is 0 Å². The third kappa shape index (κ3) is 4.27. The van der Waals surface area contributed by atoms with Crippen LogP contribution in [0, 0.1) is 13.8 Å². The molecule has 180 valence electrons. The van der Waals surface area contributed by atoms with Crippen LogP contribution in [-0.2, 0) is 14.8 Å². The van der Waals surface area contributed by atoms with Crippen LogP contribution in [-0.4, -0.2) is 18.6 Å². The van der Waals surface area contributed by atoms with Crippen molar-refractivity contribution < 1.29 is 13.2 Å². The van der Waals surface area contributed by atoms with Gasteiger partial charge in [-0.25, -0.2) is 12.7 Å². The molecule has 2 atom stereocenters. The van der Waals surface area contributed by atoms with Gasteiger partial charge in [0.25, 0.3) is 10.0 Å². The first kappa shape index (κ1) is 23.8. The van der Waals surface area contributed by atoms with Gasteiger partial charge in [-0.2, -0.15) is 0 Å². The summed E-state index contributed by atoms with van der Waals surface area (Å²) in [6.45, 7) is 3.86. The molecule has 36 heavy (non-hydrogen) atoms. The average molecular weight is 494 g/mol. The van der Waals surface area contributed by atoms with Crippen molar-refractivity contribution >= 4 is 21.6 Å². The summed E-state index contributed by atoms with van der Waals surface area (Å²) in [4.78, 5) is 14.5. The third-order valence-corrected chi connectivity index (χ3v) is 8.44. The number of aryl methyl sites for hydroxylation is 2. The normalized spacial score (nSPS) is 18.1. The second kappa shape index (κ2) is 9.59. The number of rotatable bonds is 5. The molecule has 4 nitrogen and oxygen atoms in total. The summed E-state index contributed by atoms with van der Waals surface area (Å²) in [5.74, 6) is -1.49. The zero-order valence-electron chi connectivity index (χ0n) is 20.2. The van der Waals surface area contributed by atoms with Gasteiger partial charge in [0.1, 0.15) is 0 Å². The highest BCUT2D eigenvalue weighted by atomic mass is 32.2. The molecule has 0 saturated heterocycles. The van der Waals surface area contributed by atoms with E-state index in [-0.39, 0.29) is 10.8 Å². The van der Waals surface area contributed by atoms with Gasteiger partial charge in [0.2, 0.25) is 5.91 Å². The van der Waals surface area contributed by atoms with E-state index < -0.39 is 21.8 Å². The quantitative estimate of drug-likeness (QED) is 0.321. The van der Waals surface area contributed by atoms with Crippen LogP contribution in [0.5, 0.6) is 0 Å². The predicted molar refractivity (Wildman–Crippen MR) is 143 cm³/mol. The lowest BCUT2D eigenvalue weighted by atomic mass is 9.76. The van der Waals surface area contributed by atoms with Crippen LogP contribution in [0.15, 0.2) is 120 Å². The molecule has 1 amide bonds. The van der Waals surface area contributed by atoms with Gasteiger partial charge in [-0.1, -0.05) is 109 Å². The third-order valence-electron chi connectivity index (χ3n) is 6.72. The topological polar surface area (TPSA) is 54.5 Å². The van der Waals surface area contributed by atoms with Gasteiger partial charge < -0.3 is 0 Å². The van der Waals surface area contributed by atoms with E-state index in [1.165, 1.54) is 0 Å². The molecule has 0 saturated carbocycles. The first-order chi connectivity index (χ1) is 17.4. The molecule has 0 aliphatic carbocycles. The minimum atomic E-state index is -4.17. The van der Waals surface area contributed by atoms with E-state index >= 15 is 0 Å². The molecular weight excluding hydrogens is 466 g/mol. The van der Waals surface area contributed by atoms with Crippen LogP contribution in [0.1, 0.15) is 39.7 Å². The molecule has 0 unspecified atom stereocenters. The molecule has 1 heterocycles. The lowest BCUT2D eigenvalue weighted by Crippen LogP contribution is -2.43. The van der Waals surface area contributed by atoms with Crippen molar-refractivity contribution in [2.24, 2.45) is 0 Å². The largest absolute Gasteiger partial charge is 0.273 e. The Kier molecular flexibility index (Phi) is 6.33. The first-order valence-corrected chi connectivity index (χ1v) is 13.4. The highest BCUT2D eigenvalue weighted by molar-refractivity contribution is 7.90. The first-order valence-electron chi connectivity index (χ1n) is 11.9. The summed E-state index contributed by atoms with van der Waals surface area (Å²) >= 11 is 0. The standard InChI is InChI=1S/C31H27NO3S/c1-22-17-19-26(20-18-22)36(34,35)32-29(25-14-7-4-8-15-25)21-28(24-12-5-3-6-13-24)30(31(32)33)27-16-10-9-11-23(27)2/h3-21,28,30H,1-2H3/t28-,30-/m0/s1. The van der Waals surface area contributed by atoms with E-state index in [4.69, 9.17) is 0 Å². The van der Waals surface area contributed by atoms with Crippen molar-refractivity contribution in [3.63, 3.8) is 0 Å². The number of amides is 1. The van der Waals surface area contributed by atoms with Crippen molar-refractivity contribution in [2.75, 3.05) is 0 Å². The van der Waals surface area contributed by atoms with Gasteiger partial charge in [0.05, 0.1) is 16.5 Å². The Morgan fingerprint density at radius 1 is 0.694 bits per heavy atom. The Morgan fingerprint density at radius 3 is 1.92 bits per heavy atom. The van der Waals surface area contributed by atoms with Crippen LogP contribution >= 0.6 is 0 Å². The van der Waals surface area contributed by atoms with Gasteiger partial charge in [-0.05, 0) is 48.2 Å². The molecule has 4 aromatic rings. The van der Waals surface area contributed by atoms with Gasteiger partial charge >= 0.3 is 0 Å². The van der Waals surface area contributed by atoms with Crippen LogP contribution in [0.2, 0.25) is 0 Å². The molecule has 4 aromatic carbocycles. The molecule has 0 aromatic heterocycles. The smallest absolute Gasteiger partial charge is 0.270 e. The minimum absolute atomic E-state index is 0.0879. The molecule has 5 heteroatoms. The molecule has 0 N–H and O–H groups in total. The number of nitrogens with zero attached hydrogens (tertiary/aromatic N) is 1. The summed E-state index contributed by atoms with van der Waals surface area (Å²) in [6, 6.07) is 33.4. The van der Waals surface area contributed by atoms with Crippen molar-refractivity contribution in [3.05, 3.63) is 143 Å². The highest BCUT2D eigenvalue weighted by Gasteiger charge is 2.45. The number of benzene rings is 4. The Balaban J connectivity index is 1.78. The fourth-order valence-corrected chi connectivity index (χ4v) is 6.31.